The minimum absolute atomic E-state index is 0.195. The molecule has 0 atom stereocenters. The molecule has 0 aliphatic heterocycles. The van der Waals surface area contributed by atoms with Crippen LogP contribution in [0.4, 0.5) is 18.3 Å². The summed E-state index contributed by atoms with van der Waals surface area (Å²) in [6.45, 7) is 0. The molecule has 0 radical (unpaired) electrons. The van der Waals surface area contributed by atoms with E-state index in [0.29, 0.717) is 15.2 Å². The number of halogens is 5. The summed E-state index contributed by atoms with van der Waals surface area (Å²) in [7, 11) is 0. The van der Waals surface area contributed by atoms with E-state index in [4.69, 9.17) is 23.2 Å². The number of aromatic nitrogens is 1. The van der Waals surface area contributed by atoms with Crippen LogP contribution in [-0.4, -0.2) is 10.9 Å². The first-order valence-corrected chi connectivity index (χ1v) is 8.05. The molecule has 0 unspecified atom stereocenters. The van der Waals surface area contributed by atoms with Gasteiger partial charge in [0.1, 0.15) is 0 Å². The Labute approximate surface area is 148 Å². The number of amides is 1. The zero-order chi connectivity index (χ0) is 17.5. The van der Waals surface area contributed by atoms with Crippen molar-refractivity contribution in [1.82, 2.24) is 4.98 Å². The highest BCUT2D eigenvalue weighted by Crippen LogP contribution is 2.34. The van der Waals surface area contributed by atoms with Gasteiger partial charge in [0.15, 0.2) is 5.13 Å². The average molecular weight is 391 g/mol. The van der Waals surface area contributed by atoms with Gasteiger partial charge in [-0.3, -0.25) is 10.1 Å². The largest absolute Gasteiger partial charge is 0.416 e. The molecule has 24 heavy (non-hydrogen) atoms. The van der Waals surface area contributed by atoms with Gasteiger partial charge in [-0.2, -0.15) is 13.2 Å². The van der Waals surface area contributed by atoms with Crippen LogP contribution in [0.15, 0.2) is 36.4 Å². The minimum Gasteiger partial charge on any atom is -0.298 e. The lowest BCUT2D eigenvalue weighted by Crippen LogP contribution is -2.11. The molecule has 1 heterocycles. The Morgan fingerprint density at radius 1 is 1.08 bits per heavy atom. The van der Waals surface area contributed by atoms with Crippen LogP contribution in [-0.2, 0) is 6.18 Å². The number of hydrogen-bond donors (Lipinski definition) is 1. The van der Waals surface area contributed by atoms with Gasteiger partial charge in [0.25, 0.3) is 5.91 Å². The van der Waals surface area contributed by atoms with Crippen LogP contribution in [0.3, 0.4) is 0 Å². The van der Waals surface area contributed by atoms with Crippen molar-refractivity contribution in [3.8, 4) is 0 Å². The molecule has 1 aromatic heterocycles. The molecule has 0 aliphatic carbocycles. The van der Waals surface area contributed by atoms with Gasteiger partial charge in [-0.1, -0.05) is 34.5 Å². The zero-order valence-corrected chi connectivity index (χ0v) is 13.9. The van der Waals surface area contributed by atoms with Crippen LogP contribution >= 0.6 is 34.5 Å². The quantitative estimate of drug-likeness (QED) is 0.593. The molecular formula is C15H7Cl2F3N2OS. The molecular weight excluding hydrogens is 384 g/mol. The first-order valence-electron chi connectivity index (χ1n) is 6.48. The molecule has 0 spiro atoms. The van der Waals surface area contributed by atoms with Crippen molar-refractivity contribution < 1.29 is 18.0 Å². The second-order valence-electron chi connectivity index (χ2n) is 4.78. The maximum Gasteiger partial charge on any atom is 0.416 e. The number of anilines is 1. The van der Waals surface area contributed by atoms with Crippen LogP contribution in [0.25, 0.3) is 10.2 Å². The molecule has 0 aliphatic rings. The van der Waals surface area contributed by atoms with Crippen LogP contribution in [0.1, 0.15) is 15.9 Å². The SMILES string of the molecule is O=C(Nc1nc2ccc(C(F)(F)F)cc2s1)c1ccc(Cl)c(Cl)c1. The summed E-state index contributed by atoms with van der Waals surface area (Å²) >= 11 is 12.6. The van der Waals surface area contributed by atoms with Crippen LogP contribution in [0.2, 0.25) is 10.0 Å². The van der Waals surface area contributed by atoms with E-state index < -0.39 is 17.6 Å². The number of alkyl halides is 3. The minimum atomic E-state index is -4.43. The fraction of sp³-hybridized carbons (Fsp3) is 0.0667. The third kappa shape index (κ3) is 3.48. The van der Waals surface area contributed by atoms with Crippen LogP contribution < -0.4 is 5.32 Å². The van der Waals surface area contributed by atoms with E-state index in [9.17, 15) is 18.0 Å². The molecule has 124 valence electrons. The Balaban J connectivity index is 1.87. The molecule has 3 aromatic rings. The van der Waals surface area contributed by atoms with Gasteiger partial charge in [0, 0.05) is 5.56 Å². The van der Waals surface area contributed by atoms with Crippen molar-refractivity contribution in [2.24, 2.45) is 0 Å². The Hall–Kier alpha value is -1.83. The highest BCUT2D eigenvalue weighted by atomic mass is 35.5. The molecule has 0 bridgehead atoms. The van der Waals surface area contributed by atoms with Gasteiger partial charge >= 0.3 is 6.18 Å². The first-order chi connectivity index (χ1) is 11.2. The summed E-state index contributed by atoms with van der Waals surface area (Å²) in [5.74, 6) is -0.483. The molecule has 3 nitrogen and oxygen atoms in total. The molecule has 0 saturated heterocycles. The van der Waals surface area contributed by atoms with Gasteiger partial charge in [-0.25, -0.2) is 4.98 Å². The topological polar surface area (TPSA) is 42.0 Å². The number of benzene rings is 2. The standard InChI is InChI=1S/C15H7Cl2F3N2OS/c16-9-3-1-7(5-10(9)17)13(23)22-14-21-11-4-2-8(15(18,19)20)6-12(11)24-14/h1-6H,(H,21,22,23). The number of thiazole rings is 1. The molecule has 1 amide bonds. The Morgan fingerprint density at radius 3 is 2.50 bits per heavy atom. The van der Waals surface area contributed by atoms with E-state index in [1.54, 1.807) is 0 Å². The summed E-state index contributed by atoms with van der Waals surface area (Å²) in [5.41, 5.74) is -0.127. The first kappa shape index (κ1) is 17.0. The summed E-state index contributed by atoms with van der Waals surface area (Å²) in [5, 5.41) is 3.27. The van der Waals surface area contributed by atoms with Gasteiger partial charge in [-0.05, 0) is 36.4 Å². The van der Waals surface area contributed by atoms with E-state index in [2.05, 4.69) is 10.3 Å². The highest BCUT2D eigenvalue weighted by molar-refractivity contribution is 7.22. The predicted octanol–water partition coefficient (Wildman–Crippen LogP) is 5.87. The number of fused-ring (bicyclic) bond motifs is 1. The Morgan fingerprint density at radius 2 is 1.83 bits per heavy atom. The zero-order valence-electron chi connectivity index (χ0n) is 11.6. The number of carbonyl (C=O) groups is 1. The Kier molecular flexibility index (Phi) is 4.42. The van der Waals surface area contributed by atoms with Crippen molar-refractivity contribution in [3.63, 3.8) is 0 Å². The van der Waals surface area contributed by atoms with Crippen LogP contribution in [0, 0.1) is 0 Å². The molecule has 3 rings (SSSR count). The van der Waals surface area contributed by atoms with Gasteiger partial charge in [-0.15, -0.1) is 0 Å². The van der Waals surface area contributed by atoms with Gasteiger partial charge in [0.2, 0.25) is 0 Å². The molecule has 1 N–H and O–H groups in total. The fourth-order valence-corrected chi connectivity index (χ4v) is 3.16. The van der Waals surface area contributed by atoms with Gasteiger partial charge < -0.3 is 0 Å². The third-order valence-electron chi connectivity index (χ3n) is 3.12. The maximum absolute atomic E-state index is 12.7. The monoisotopic (exact) mass is 390 g/mol. The summed E-state index contributed by atoms with van der Waals surface area (Å²) < 4.78 is 38.5. The van der Waals surface area contributed by atoms with Crippen LogP contribution in [0.5, 0.6) is 0 Å². The van der Waals surface area contributed by atoms with E-state index in [1.807, 2.05) is 0 Å². The Bertz CT molecular complexity index is 940. The normalized spacial score (nSPS) is 11.7. The van der Waals surface area contributed by atoms with Crippen molar-refractivity contribution in [2.45, 2.75) is 6.18 Å². The maximum atomic E-state index is 12.7. The lowest BCUT2D eigenvalue weighted by Gasteiger charge is -2.04. The van der Waals surface area contributed by atoms with E-state index >= 15 is 0 Å². The van der Waals surface area contributed by atoms with Crippen molar-refractivity contribution in [1.29, 1.82) is 0 Å². The third-order valence-corrected chi connectivity index (χ3v) is 4.79. The summed E-state index contributed by atoms with van der Waals surface area (Å²) in [6, 6.07) is 7.58. The summed E-state index contributed by atoms with van der Waals surface area (Å²) in [6.07, 6.45) is -4.43. The van der Waals surface area contributed by atoms with E-state index in [0.717, 1.165) is 23.5 Å². The lowest BCUT2D eigenvalue weighted by atomic mass is 10.2. The molecule has 2 aromatic carbocycles. The smallest absolute Gasteiger partial charge is 0.298 e. The number of hydrogen-bond acceptors (Lipinski definition) is 3. The highest BCUT2D eigenvalue weighted by Gasteiger charge is 2.30. The summed E-state index contributed by atoms with van der Waals surface area (Å²) in [4.78, 5) is 16.3. The predicted molar refractivity (Wildman–Crippen MR) is 89.0 cm³/mol. The molecule has 0 saturated carbocycles. The fourth-order valence-electron chi connectivity index (χ4n) is 1.96. The number of carbonyl (C=O) groups excluding carboxylic acids is 1. The number of nitrogens with zero attached hydrogens (tertiary/aromatic N) is 1. The van der Waals surface area contributed by atoms with Gasteiger partial charge in [0.05, 0.1) is 25.8 Å². The molecule has 0 fully saturated rings. The number of rotatable bonds is 2. The van der Waals surface area contributed by atoms with Crippen molar-refractivity contribution >= 4 is 55.8 Å². The second kappa shape index (κ2) is 6.23. The van der Waals surface area contributed by atoms with E-state index in [1.165, 1.54) is 24.3 Å². The van der Waals surface area contributed by atoms with E-state index in [-0.39, 0.29) is 15.7 Å². The average Bonchev–Trinajstić information content (AvgIpc) is 2.90. The number of nitrogens with one attached hydrogen (secondary N) is 1. The van der Waals surface area contributed by atoms with Crippen molar-refractivity contribution in [2.75, 3.05) is 5.32 Å². The molecule has 9 heteroatoms. The lowest BCUT2D eigenvalue weighted by molar-refractivity contribution is -0.137. The van der Waals surface area contributed by atoms with Crippen molar-refractivity contribution in [3.05, 3.63) is 57.6 Å². The second-order valence-corrected chi connectivity index (χ2v) is 6.63.